The molecule has 3 N–H and O–H groups in total. The number of amides is 1. The molecule has 0 aliphatic carbocycles. The Balaban J connectivity index is 0.00000277. The van der Waals surface area contributed by atoms with Gasteiger partial charge in [0, 0.05) is 21.8 Å². The van der Waals surface area contributed by atoms with Crippen molar-refractivity contribution in [2.45, 2.75) is 87.4 Å². The minimum atomic E-state index is -0.523. The summed E-state index contributed by atoms with van der Waals surface area (Å²) in [5, 5.41) is 2.91. The van der Waals surface area contributed by atoms with E-state index >= 15 is 0 Å². The van der Waals surface area contributed by atoms with Crippen LogP contribution in [0.1, 0.15) is 81.2 Å². The second-order valence-corrected chi connectivity index (χ2v) is 13.2. The van der Waals surface area contributed by atoms with E-state index in [0.29, 0.717) is 41.6 Å². The van der Waals surface area contributed by atoms with Crippen LogP contribution in [0.5, 0.6) is 5.75 Å². The number of carbonyl (C=O) groups is 2. The number of benzene rings is 3. The molecule has 1 atom stereocenters. The standard InChI is InChI=1S/C35H42BrN3O5.2C2H6/c1-24(20-31(40)44-34(2,3)4)42-22-35(5,6)23-43-29-18-16-28(17-19-29)39-33(41)30(21-38-27-10-8-7-9-11-27)32(37)25-12-14-26(36)15-13-25;2*1-2/h7-19,21,24H,20,22-23,37H2,1-6H3,(H,39,41);2*1-2H3/b32-30+,38-21?;;. The Bertz CT molecular complexity index is 1450. The molecule has 0 radical (unpaired) electrons. The maximum Gasteiger partial charge on any atom is 0.308 e. The smallest absolute Gasteiger partial charge is 0.308 e. The van der Waals surface area contributed by atoms with E-state index in [-0.39, 0.29) is 29.5 Å². The molecule has 0 heterocycles. The molecule has 8 nitrogen and oxygen atoms in total. The molecule has 0 spiro atoms. The predicted molar refractivity (Wildman–Crippen MR) is 203 cm³/mol. The number of carbonyl (C=O) groups excluding carboxylic acids is 2. The first-order valence-electron chi connectivity index (χ1n) is 16.4. The summed E-state index contributed by atoms with van der Waals surface area (Å²) in [6.07, 6.45) is 1.39. The molecule has 3 rings (SSSR count). The van der Waals surface area contributed by atoms with E-state index in [1.54, 1.807) is 24.3 Å². The van der Waals surface area contributed by atoms with Crippen molar-refractivity contribution in [1.82, 2.24) is 0 Å². The molecule has 9 heteroatoms. The van der Waals surface area contributed by atoms with E-state index < -0.39 is 11.5 Å². The molecule has 3 aromatic carbocycles. The lowest BCUT2D eigenvalue weighted by Crippen LogP contribution is -2.31. The van der Waals surface area contributed by atoms with Crippen LogP contribution in [0.2, 0.25) is 0 Å². The molecule has 1 amide bonds. The third kappa shape index (κ3) is 16.2. The summed E-state index contributed by atoms with van der Waals surface area (Å²) < 4.78 is 18.2. The zero-order valence-corrected chi connectivity index (χ0v) is 31.8. The highest BCUT2D eigenvalue weighted by Gasteiger charge is 2.23. The van der Waals surface area contributed by atoms with Gasteiger partial charge in [0.15, 0.2) is 0 Å². The minimum absolute atomic E-state index is 0.186. The van der Waals surface area contributed by atoms with Gasteiger partial charge < -0.3 is 25.3 Å². The number of para-hydroxylation sites is 1. The Morgan fingerprint density at radius 3 is 2.02 bits per heavy atom. The fourth-order valence-corrected chi connectivity index (χ4v) is 4.15. The van der Waals surface area contributed by atoms with E-state index in [1.807, 2.05) is 124 Å². The van der Waals surface area contributed by atoms with Gasteiger partial charge >= 0.3 is 5.97 Å². The Morgan fingerprint density at radius 2 is 1.46 bits per heavy atom. The van der Waals surface area contributed by atoms with Gasteiger partial charge in [-0.25, -0.2) is 0 Å². The molecule has 262 valence electrons. The van der Waals surface area contributed by atoms with Crippen molar-refractivity contribution in [3.63, 3.8) is 0 Å². The van der Waals surface area contributed by atoms with Gasteiger partial charge in [0.05, 0.1) is 42.7 Å². The normalized spacial score (nSPS) is 12.4. The maximum absolute atomic E-state index is 13.4. The van der Waals surface area contributed by atoms with Crippen LogP contribution in [0.15, 0.2) is 93.9 Å². The number of nitrogens with two attached hydrogens (primary N) is 1. The number of hydrogen-bond donors (Lipinski definition) is 2. The van der Waals surface area contributed by atoms with Crippen molar-refractivity contribution in [3.05, 3.63) is 94.5 Å². The lowest BCUT2D eigenvalue weighted by Gasteiger charge is -2.27. The number of nitrogens with one attached hydrogen (secondary N) is 1. The van der Waals surface area contributed by atoms with Gasteiger partial charge in [-0.05, 0) is 81.8 Å². The van der Waals surface area contributed by atoms with Crippen LogP contribution in [0.3, 0.4) is 0 Å². The average Bonchev–Trinajstić information content (AvgIpc) is 3.05. The van der Waals surface area contributed by atoms with Crippen LogP contribution in [0, 0.1) is 5.41 Å². The van der Waals surface area contributed by atoms with Crippen LogP contribution in [-0.2, 0) is 19.1 Å². The Morgan fingerprint density at radius 1 is 0.875 bits per heavy atom. The fourth-order valence-electron chi connectivity index (χ4n) is 3.89. The van der Waals surface area contributed by atoms with Gasteiger partial charge in [0.1, 0.15) is 11.4 Å². The number of rotatable bonds is 13. The number of hydrogen-bond acceptors (Lipinski definition) is 7. The molecule has 3 aromatic rings. The Hall–Kier alpha value is -3.95. The summed E-state index contributed by atoms with van der Waals surface area (Å²) in [5.74, 6) is -0.0282. The molecule has 0 saturated carbocycles. The quantitative estimate of drug-likeness (QED) is 0.103. The molecule has 0 aliphatic heterocycles. The first-order chi connectivity index (χ1) is 22.7. The number of aliphatic imine (C=N–C) groups is 1. The molecule has 0 aromatic heterocycles. The number of halogens is 1. The fraction of sp³-hybridized carbons (Fsp3) is 0.410. The second-order valence-electron chi connectivity index (χ2n) is 12.3. The van der Waals surface area contributed by atoms with E-state index in [4.69, 9.17) is 19.9 Å². The Kier molecular flexibility index (Phi) is 18.5. The number of nitrogens with zero attached hydrogens (tertiary/aromatic N) is 1. The molecule has 0 fully saturated rings. The first-order valence-corrected chi connectivity index (χ1v) is 17.2. The van der Waals surface area contributed by atoms with Crippen LogP contribution in [-0.4, -0.2) is 43.0 Å². The molecule has 1 unspecified atom stereocenters. The van der Waals surface area contributed by atoms with Crippen molar-refractivity contribution in [1.29, 1.82) is 0 Å². The molecule has 0 bridgehead atoms. The monoisotopic (exact) mass is 723 g/mol. The lowest BCUT2D eigenvalue weighted by molar-refractivity contribution is -0.158. The zero-order chi connectivity index (χ0) is 36.3. The Labute approximate surface area is 296 Å². The van der Waals surface area contributed by atoms with Gasteiger partial charge in [-0.2, -0.15) is 0 Å². The zero-order valence-electron chi connectivity index (χ0n) is 30.2. The van der Waals surface area contributed by atoms with E-state index in [1.165, 1.54) is 6.21 Å². The van der Waals surface area contributed by atoms with Gasteiger partial charge in [0.25, 0.3) is 5.91 Å². The SMILES string of the molecule is CC.CC.CC(CC(=O)OC(C)(C)C)OCC(C)(C)COc1ccc(NC(=O)/C(C=Nc2ccccc2)=C(/N)c2ccc(Br)cc2)cc1. The van der Waals surface area contributed by atoms with Gasteiger partial charge in [-0.15, -0.1) is 0 Å². The molecule has 0 aliphatic rings. The van der Waals surface area contributed by atoms with Crippen molar-refractivity contribution in [2.24, 2.45) is 16.1 Å². The first kappa shape index (κ1) is 42.1. The number of esters is 1. The van der Waals surface area contributed by atoms with E-state index in [0.717, 1.165) is 4.47 Å². The third-order valence-corrected chi connectivity index (χ3v) is 6.69. The molecule has 48 heavy (non-hydrogen) atoms. The molecular formula is C39H54BrN3O5. The highest BCUT2D eigenvalue weighted by Crippen LogP contribution is 2.24. The average molecular weight is 725 g/mol. The summed E-state index contributed by atoms with van der Waals surface area (Å²) in [6, 6.07) is 23.8. The third-order valence-electron chi connectivity index (χ3n) is 6.16. The minimum Gasteiger partial charge on any atom is -0.493 e. The highest BCUT2D eigenvalue weighted by molar-refractivity contribution is 9.10. The van der Waals surface area contributed by atoms with Crippen molar-refractivity contribution < 1.29 is 23.8 Å². The van der Waals surface area contributed by atoms with Crippen molar-refractivity contribution >= 4 is 51.1 Å². The predicted octanol–water partition coefficient (Wildman–Crippen LogP) is 9.75. The molecular weight excluding hydrogens is 670 g/mol. The van der Waals surface area contributed by atoms with Crippen molar-refractivity contribution in [2.75, 3.05) is 18.5 Å². The highest BCUT2D eigenvalue weighted by atomic mass is 79.9. The topological polar surface area (TPSA) is 112 Å². The van der Waals surface area contributed by atoms with Crippen molar-refractivity contribution in [3.8, 4) is 5.75 Å². The largest absolute Gasteiger partial charge is 0.493 e. The summed E-state index contributed by atoms with van der Waals surface area (Å²) in [6.45, 7) is 20.2. The number of anilines is 1. The summed E-state index contributed by atoms with van der Waals surface area (Å²) in [4.78, 5) is 29.9. The molecule has 0 saturated heterocycles. The maximum atomic E-state index is 13.4. The number of ether oxygens (including phenoxy) is 3. The van der Waals surface area contributed by atoms with Gasteiger partial charge in [-0.1, -0.05) is 87.8 Å². The van der Waals surface area contributed by atoms with Gasteiger partial charge in [0.2, 0.25) is 0 Å². The lowest BCUT2D eigenvalue weighted by atomic mass is 9.96. The second kappa shape index (κ2) is 21.1. The van der Waals surface area contributed by atoms with Crippen LogP contribution in [0.25, 0.3) is 5.70 Å². The van der Waals surface area contributed by atoms with Gasteiger partial charge in [-0.3, -0.25) is 14.6 Å². The summed E-state index contributed by atoms with van der Waals surface area (Å²) >= 11 is 3.43. The summed E-state index contributed by atoms with van der Waals surface area (Å²) in [5.41, 5.74) is 8.15. The summed E-state index contributed by atoms with van der Waals surface area (Å²) in [7, 11) is 0. The van der Waals surface area contributed by atoms with Crippen LogP contribution >= 0.6 is 15.9 Å². The van der Waals surface area contributed by atoms with E-state index in [9.17, 15) is 9.59 Å². The van der Waals surface area contributed by atoms with E-state index in [2.05, 4.69) is 26.2 Å². The van der Waals surface area contributed by atoms with Crippen LogP contribution in [0.4, 0.5) is 11.4 Å². The van der Waals surface area contributed by atoms with Crippen LogP contribution < -0.4 is 15.8 Å².